The molecule has 0 aliphatic heterocycles. The molecule has 1 N–H and O–H groups in total. The van der Waals surface area contributed by atoms with Gasteiger partial charge in [0, 0.05) is 0 Å². The van der Waals surface area contributed by atoms with Gasteiger partial charge in [-0.2, -0.15) is 0 Å². The number of nitrogens with one attached hydrogen (secondary N) is 1. The first-order chi connectivity index (χ1) is 8.08. The highest BCUT2D eigenvalue weighted by atomic mass is 79.9. The van der Waals surface area contributed by atoms with E-state index in [1.807, 2.05) is 6.07 Å². The summed E-state index contributed by atoms with van der Waals surface area (Å²) in [6.07, 6.45) is 0. The van der Waals surface area contributed by atoms with Crippen molar-refractivity contribution in [3.05, 3.63) is 49.2 Å². The number of benzene rings is 1. The minimum absolute atomic E-state index is 0.508. The second-order valence-corrected chi connectivity index (χ2v) is 5.67. The third-order valence-electron chi connectivity index (χ3n) is 2.10. The van der Waals surface area contributed by atoms with Gasteiger partial charge in [0.15, 0.2) is 4.67 Å². The minimum Gasteiger partial charge on any atom is -0.451 e. The molecule has 0 saturated carbocycles. The van der Waals surface area contributed by atoms with Crippen molar-refractivity contribution in [2.45, 2.75) is 6.54 Å². The van der Waals surface area contributed by atoms with Crippen LogP contribution >= 0.6 is 55.1 Å². The van der Waals surface area contributed by atoms with Crippen molar-refractivity contribution in [2.24, 2.45) is 0 Å². The van der Waals surface area contributed by atoms with Crippen molar-refractivity contribution >= 4 is 60.7 Å². The van der Waals surface area contributed by atoms with E-state index in [1.54, 1.807) is 18.2 Å². The highest BCUT2D eigenvalue weighted by molar-refractivity contribution is 9.13. The summed E-state index contributed by atoms with van der Waals surface area (Å²) in [5, 5.41) is 4.31. The van der Waals surface area contributed by atoms with Crippen molar-refractivity contribution in [1.29, 1.82) is 0 Å². The summed E-state index contributed by atoms with van der Waals surface area (Å²) in [4.78, 5) is 0. The van der Waals surface area contributed by atoms with E-state index in [9.17, 15) is 0 Å². The fourth-order valence-corrected chi connectivity index (χ4v) is 2.51. The standard InChI is InChI=1S/C11H7Br2Cl2NO/c12-7-4-6(17-11(7)13)5-16-10-8(14)2-1-3-9(10)15/h1-4,16H,5H2. The highest BCUT2D eigenvalue weighted by Gasteiger charge is 2.08. The predicted octanol–water partition coefficient (Wildman–Crippen LogP) is 5.72. The zero-order valence-electron chi connectivity index (χ0n) is 8.44. The zero-order chi connectivity index (χ0) is 12.4. The number of anilines is 1. The van der Waals surface area contributed by atoms with Crippen molar-refractivity contribution in [1.82, 2.24) is 0 Å². The Kier molecular flexibility index (Phi) is 4.42. The van der Waals surface area contributed by atoms with E-state index in [2.05, 4.69) is 37.2 Å². The zero-order valence-corrected chi connectivity index (χ0v) is 13.1. The van der Waals surface area contributed by atoms with Crippen LogP contribution in [0.3, 0.4) is 0 Å². The number of hydrogen-bond acceptors (Lipinski definition) is 2. The molecule has 90 valence electrons. The normalized spacial score (nSPS) is 10.6. The maximum Gasteiger partial charge on any atom is 0.183 e. The topological polar surface area (TPSA) is 25.2 Å². The first kappa shape index (κ1) is 13.3. The van der Waals surface area contributed by atoms with Crippen LogP contribution in [0.4, 0.5) is 5.69 Å². The highest BCUT2D eigenvalue weighted by Crippen LogP contribution is 2.31. The summed E-state index contributed by atoms with van der Waals surface area (Å²) in [5.41, 5.74) is 0.708. The summed E-state index contributed by atoms with van der Waals surface area (Å²) in [6.45, 7) is 0.508. The van der Waals surface area contributed by atoms with Gasteiger partial charge in [-0.05, 0) is 50.1 Å². The average molecular weight is 400 g/mol. The Bertz CT molecular complexity index is 503. The van der Waals surface area contributed by atoms with E-state index >= 15 is 0 Å². The molecule has 1 heterocycles. The van der Waals surface area contributed by atoms with Crippen molar-refractivity contribution < 1.29 is 4.42 Å². The van der Waals surface area contributed by atoms with Gasteiger partial charge in [0.25, 0.3) is 0 Å². The van der Waals surface area contributed by atoms with Crippen LogP contribution < -0.4 is 5.32 Å². The molecule has 2 aromatic rings. The summed E-state index contributed by atoms with van der Waals surface area (Å²) < 4.78 is 6.98. The lowest BCUT2D eigenvalue weighted by Gasteiger charge is -2.08. The van der Waals surface area contributed by atoms with Crippen LogP contribution in [0.1, 0.15) is 5.76 Å². The molecule has 0 saturated heterocycles. The number of para-hydroxylation sites is 1. The Morgan fingerprint density at radius 3 is 2.35 bits per heavy atom. The summed E-state index contributed by atoms with van der Waals surface area (Å²) in [5.74, 6) is 0.778. The second-order valence-electron chi connectivity index (χ2n) is 3.28. The molecule has 2 rings (SSSR count). The molecule has 0 bridgehead atoms. The Balaban J connectivity index is 2.12. The fourth-order valence-electron chi connectivity index (χ4n) is 1.32. The molecule has 0 unspecified atom stereocenters. The molecule has 0 atom stereocenters. The lowest BCUT2D eigenvalue weighted by atomic mass is 10.3. The molecular formula is C11H7Br2Cl2NO. The Hall–Kier alpha value is -0.160. The van der Waals surface area contributed by atoms with Crippen LogP contribution in [-0.4, -0.2) is 0 Å². The fraction of sp³-hybridized carbons (Fsp3) is 0.0909. The number of hydrogen-bond donors (Lipinski definition) is 1. The molecule has 0 amide bonds. The predicted molar refractivity (Wildman–Crippen MR) is 77.9 cm³/mol. The minimum atomic E-state index is 0.508. The Labute approximate surface area is 126 Å². The number of rotatable bonds is 3. The van der Waals surface area contributed by atoms with Crippen LogP contribution in [0.2, 0.25) is 10.0 Å². The number of halogens is 4. The van der Waals surface area contributed by atoms with Gasteiger partial charge in [-0.1, -0.05) is 29.3 Å². The van der Waals surface area contributed by atoms with E-state index < -0.39 is 0 Å². The van der Waals surface area contributed by atoms with Gasteiger partial charge < -0.3 is 9.73 Å². The molecule has 1 aromatic carbocycles. The molecule has 17 heavy (non-hydrogen) atoms. The van der Waals surface area contributed by atoms with Crippen LogP contribution in [0, 0.1) is 0 Å². The molecule has 0 spiro atoms. The second kappa shape index (κ2) is 5.65. The van der Waals surface area contributed by atoms with Crippen LogP contribution in [0.5, 0.6) is 0 Å². The van der Waals surface area contributed by atoms with Gasteiger partial charge in [0.2, 0.25) is 0 Å². The Morgan fingerprint density at radius 2 is 1.82 bits per heavy atom. The van der Waals surface area contributed by atoms with E-state index in [0.29, 0.717) is 26.9 Å². The number of furan rings is 1. The van der Waals surface area contributed by atoms with E-state index in [0.717, 1.165) is 10.2 Å². The van der Waals surface area contributed by atoms with Gasteiger partial charge in [-0.25, -0.2) is 0 Å². The molecule has 2 nitrogen and oxygen atoms in total. The first-order valence-corrected chi connectivity index (χ1v) is 7.03. The first-order valence-electron chi connectivity index (χ1n) is 4.69. The van der Waals surface area contributed by atoms with Gasteiger partial charge in [0.05, 0.1) is 26.8 Å². The third-order valence-corrected chi connectivity index (χ3v) is 4.44. The monoisotopic (exact) mass is 397 g/mol. The molecule has 0 aliphatic rings. The van der Waals surface area contributed by atoms with Crippen LogP contribution in [-0.2, 0) is 6.54 Å². The lowest BCUT2D eigenvalue weighted by molar-refractivity contribution is 0.494. The van der Waals surface area contributed by atoms with E-state index in [-0.39, 0.29) is 0 Å². The van der Waals surface area contributed by atoms with Gasteiger partial charge in [-0.3, -0.25) is 0 Å². The molecule has 1 aromatic heterocycles. The van der Waals surface area contributed by atoms with E-state index in [4.69, 9.17) is 27.6 Å². The van der Waals surface area contributed by atoms with Gasteiger partial charge >= 0.3 is 0 Å². The van der Waals surface area contributed by atoms with Crippen molar-refractivity contribution in [2.75, 3.05) is 5.32 Å². The lowest BCUT2D eigenvalue weighted by Crippen LogP contribution is -1.99. The van der Waals surface area contributed by atoms with Gasteiger partial charge in [-0.15, -0.1) is 0 Å². The van der Waals surface area contributed by atoms with Crippen molar-refractivity contribution in [3.63, 3.8) is 0 Å². The molecule has 6 heteroatoms. The molecular weight excluding hydrogens is 393 g/mol. The summed E-state index contributed by atoms with van der Waals surface area (Å²) in [7, 11) is 0. The Morgan fingerprint density at radius 1 is 1.18 bits per heavy atom. The van der Waals surface area contributed by atoms with Crippen molar-refractivity contribution in [3.8, 4) is 0 Å². The average Bonchev–Trinajstić information content (AvgIpc) is 2.58. The molecule has 0 radical (unpaired) electrons. The smallest absolute Gasteiger partial charge is 0.183 e. The maximum absolute atomic E-state index is 6.04. The molecule has 0 aliphatic carbocycles. The molecule has 0 fully saturated rings. The summed E-state index contributed by atoms with van der Waals surface area (Å²) in [6, 6.07) is 7.24. The van der Waals surface area contributed by atoms with E-state index in [1.165, 1.54) is 0 Å². The maximum atomic E-state index is 6.04. The largest absolute Gasteiger partial charge is 0.451 e. The van der Waals surface area contributed by atoms with Crippen LogP contribution in [0.15, 0.2) is 37.8 Å². The third kappa shape index (κ3) is 3.19. The van der Waals surface area contributed by atoms with Crippen LogP contribution in [0.25, 0.3) is 0 Å². The van der Waals surface area contributed by atoms with Gasteiger partial charge in [0.1, 0.15) is 5.76 Å². The quantitative estimate of drug-likeness (QED) is 0.713. The SMILES string of the molecule is Clc1cccc(Cl)c1NCc1cc(Br)c(Br)o1. The summed E-state index contributed by atoms with van der Waals surface area (Å²) >= 11 is 18.7.